The Morgan fingerprint density at radius 1 is 1.10 bits per heavy atom. The minimum atomic E-state index is -0.447. The molecule has 0 aliphatic rings. The molecule has 0 radical (unpaired) electrons. The maximum absolute atomic E-state index is 11.3. The third-order valence-corrected chi connectivity index (χ3v) is 5.81. The highest BCUT2D eigenvalue weighted by Gasteiger charge is 2.20. The molecule has 29 heavy (non-hydrogen) atoms. The van der Waals surface area contributed by atoms with Crippen LogP contribution in [0.2, 0.25) is 0 Å². The van der Waals surface area contributed by atoms with Crippen molar-refractivity contribution >= 4 is 45.1 Å². The first-order valence-electron chi connectivity index (χ1n) is 9.07. The minimum absolute atomic E-state index is 0.0236. The van der Waals surface area contributed by atoms with Crippen molar-refractivity contribution in [1.82, 2.24) is 19.4 Å². The monoisotopic (exact) mass is 403 g/mol. The van der Waals surface area contributed by atoms with Gasteiger partial charge in [0.1, 0.15) is 5.69 Å². The van der Waals surface area contributed by atoms with Crippen LogP contribution in [0.15, 0.2) is 59.9 Å². The van der Waals surface area contributed by atoms with Gasteiger partial charge in [-0.25, -0.2) is 14.4 Å². The van der Waals surface area contributed by atoms with E-state index in [-0.39, 0.29) is 11.6 Å². The van der Waals surface area contributed by atoms with Gasteiger partial charge in [0.2, 0.25) is 11.8 Å². The number of nitrogens with two attached hydrogens (primary N) is 1. The van der Waals surface area contributed by atoms with E-state index in [4.69, 9.17) is 10.7 Å². The Labute approximate surface area is 169 Å². The summed E-state index contributed by atoms with van der Waals surface area (Å²) in [6.45, 7) is 0. The summed E-state index contributed by atoms with van der Waals surface area (Å²) >= 11 is 1.18. The molecule has 3 heterocycles. The molecule has 0 aliphatic heterocycles. The number of aromatic hydroxyl groups is 1. The van der Waals surface area contributed by atoms with Crippen LogP contribution < -0.4 is 5.73 Å². The molecule has 5 rings (SSSR count). The number of thioether (sulfide) groups is 1. The summed E-state index contributed by atoms with van der Waals surface area (Å²) in [5.41, 5.74) is 9.29. The topological polar surface area (TPSA) is 109 Å². The Balaban J connectivity index is 1.69. The summed E-state index contributed by atoms with van der Waals surface area (Å²) in [4.78, 5) is 23.9. The lowest BCUT2D eigenvalue weighted by molar-refractivity contribution is -0.115. The van der Waals surface area contributed by atoms with Crippen LogP contribution in [-0.4, -0.2) is 36.1 Å². The zero-order valence-corrected chi connectivity index (χ0v) is 16.1. The standard InChI is InChI=1S/C21H17N5O2S/c22-18(27)11-29-21-25-16-8-4-2-6-14(16)19-24-17(20(28)26(19)21)9-12-10-23-15-7-3-1-5-13(12)15/h1-8,10,23,28H,9,11H2,(H2,22,27). The number of H-pyrrole nitrogens is 1. The molecule has 1 amide bonds. The number of hydrogen-bond donors (Lipinski definition) is 3. The normalized spacial score (nSPS) is 11.6. The molecule has 8 heteroatoms. The lowest BCUT2D eigenvalue weighted by Crippen LogP contribution is -2.13. The molecule has 0 atom stereocenters. The predicted molar refractivity (Wildman–Crippen MR) is 113 cm³/mol. The molecule has 3 aromatic heterocycles. The summed E-state index contributed by atoms with van der Waals surface area (Å²) in [5.74, 6) is -0.359. The number of primary amides is 1. The molecule has 5 aromatic rings. The number of rotatable bonds is 5. The van der Waals surface area contributed by atoms with Gasteiger partial charge < -0.3 is 15.8 Å². The number of carbonyl (C=O) groups is 1. The van der Waals surface area contributed by atoms with Crippen molar-refractivity contribution < 1.29 is 9.90 Å². The van der Waals surface area contributed by atoms with E-state index in [2.05, 4.69) is 9.97 Å². The molecular weight excluding hydrogens is 386 g/mol. The second kappa shape index (κ2) is 6.82. The van der Waals surface area contributed by atoms with Gasteiger partial charge in [0.25, 0.3) is 0 Å². The average molecular weight is 403 g/mol. The number of aromatic amines is 1. The maximum Gasteiger partial charge on any atom is 0.227 e. The lowest BCUT2D eigenvalue weighted by Gasteiger charge is -2.07. The van der Waals surface area contributed by atoms with Gasteiger partial charge in [0.05, 0.1) is 11.3 Å². The van der Waals surface area contributed by atoms with Crippen LogP contribution in [0, 0.1) is 0 Å². The first-order chi connectivity index (χ1) is 14.1. The van der Waals surface area contributed by atoms with E-state index in [0.29, 0.717) is 22.9 Å². The molecule has 0 unspecified atom stereocenters. The van der Waals surface area contributed by atoms with E-state index in [1.54, 1.807) is 4.40 Å². The van der Waals surface area contributed by atoms with Crippen LogP contribution in [0.4, 0.5) is 0 Å². The predicted octanol–water partition coefficient (Wildman–Crippen LogP) is 3.24. The molecule has 2 aromatic carbocycles. The molecule has 7 nitrogen and oxygen atoms in total. The fourth-order valence-electron chi connectivity index (χ4n) is 3.54. The van der Waals surface area contributed by atoms with E-state index < -0.39 is 5.91 Å². The fraction of sp³-hybridized carbons (Fsp3) is 0.0952. The van der Waals surface area contributed by atoms with Gasteiger partial charge in [-0.3, -0.25) is 4.79 Å². The number of para-hydroxylation sites is 2. The molecule has 0 saturated heterocycles. The van der Waals surface area contributed by atoms with Gasteiger partial charge in [0, 0.05) is 28.9 Å². The highest BCUT2D eigenvalue weighted by atomic mass is 32.2. The van der Waals surface area contributed by atoms with E-state index in [9.17, 15) is 9.90 Å². The Morgan fingerprint density at radius 3 is 2.69 bits per heavy atom. The summed E-state index contributed by atoms with van der Waals surface area (Å²) in [6, 6.07) is 15.6. The van der Waals surface area contributed by atoms with E-state index in [0.717, 1.165) is 27.4 Å². The number of aromatic nitrogens is 4. The zero-order valence-electron chi connectivity index (χ0n) is 15.3. The molecule has 144 valence electrons. The lowest BCUT2D eigenvalue weighted by atomic mass is 10.1. The summed E-state index contributed by atoms with van der Waals surface area (Å²) < 4.78 is 1.60. The molecule has 0 aliphatic carbocycles. The number of nitrogens with one attached hydrogen (secondary N) is 1. The van der Waals surface area contributed by atoms with Crippen LogP contribution in [0.5, 0.6) is 5.88 Å². The summed E-state index contributed by atoms with van der Waals surface area (Å²) in [7, 11) is 0. The van der Waals surface area contributed by atoms with E-state index in [1.807, 2.05) is 54.7 Å². The number of amides is 1. The molecule has 0 spiro atoms. The number of fused-ring (bicyclic) bond motifs is 4. The summed E-state index contributed by atoms with van der Waals surface area (Å²) in [6.07, 6.45) is 2.40. The van der Waals surface area contributed by atoms with Crippen LogP contribution in [0.25, 0.3) is 27.5 Å². The zero-order chi connectivity index (χ0) is 20.0. The Morgan fingerprint density at radius 2 is 1.86 bits per heavy atom. The van der Waals surface area contributed by atoms with Crippen LogP contribution in [0.3, 0.4) is 0 Å². The Bertz CT molecular complexity index is 1390. The second-order valence-electron chi connectivity index (χ2n) is 6.74. The number of benzene rings is 2. The quantitative estimate of drug-likeness (QED) is 0.308. The number of imidazole rings is 1. The van der Waals surface area contributed by atoms with Crippen LogP contribution >= 0.6 is 11.8 Å². The molecular formula is C21H17N5O2S. The van der Waals surface area contributed by atoms with Crippen molar-refractivity contribution in [3.63, 3.8) is 0 Å². The van der Waals surface area contributed by atoms with Crippen molar-refractivity contribution in [3.05, 3.63) is 66.0 Å². The van der Waals surface area contributed by atoms with Crippen LogP contribution in [-0.2, 0) is 11.2 Å². The van der Waals surface area contributed by atoms with Crippen LogP contribution in [0.1, 0.15) is 11.3 Å². The van der Waals surface area contributed by atoms with Crippen molar-refractivity contribution in [2.24, 2.45) is 5.73 Å². The largest absolute Gasteiger partial charge is 0.493 e. The summed E-state index contributed by atoms with van der Waals surface area (Å²) in [5, 5.41) is 13.4. The smallest absolute Gasteiger partial charge is 0.227 e. The van der Waals surface area contributed by atoms with Gasteiger partial charge in [-0.15, -0.1) is 0 Å². The number of hydrogen-bond acceptors (Lipinski definition) is 5. The highest BCUT2D eigenvalue weighted by molar-refractivity contribution is 7.99. The average Bonchev–Trinajstić information content (AvgIpc) is 3.28. The van der Waals surface area contributed by atoms with E-state index >= 15 is 0 Å². The molecule has 0 fully saturated rings. The third-order valence-electron chi connectivity index (χ3n) is 4.85. The second-order valence-corrected chi connectivity index (χ2v) is 7.69. The van der Waals surface area contributed by atoms with Crippen molar-refractivity contribution in [1.29, 1.82) is 0 Å². The Hall–Kier alpha value is -3.52. The van der Waals surface area contributed by atoms with Crippen molar-refractivity contribution in [2.45, 2.75) is 11.6 Å². The molecule has 4 N–H and O–H groups in total. The van der Waals surface area contributed by atoms with Gasteiger partial charge in [-0.05, 0) is 23.8 Å². The molecule has 0 bridgehead atoms. The Kier molecular flexibility index (Phi) is 4.13. The SMILES string of the molecule is NC(=O)CSc1nc2ccccc2c2nc(Cc3c[nH]c4ccccc34)c(O)n12. The third kappa shape index (κ3) is 2.98. The fourth-order valence-corrected chi connectivity index (χ4v) is 4.28. The first-order valence-corrected chi connectivity index (χ1v) is 10.1. The van der Waals surface area contributed by atoms with Crippen molar-refractivity contribution in [2.75, 3.05) is 5.75 Å². The highest BCUT2D eigenvalue weighted by Crippen LogP contribution is 2.32. The van der Waals surface area contributed by atoms with Gasteiger partial charge in [-0.1, -0.05) is 42.1 Å². The van der Waals surface area contributed by atoms with Crippen molar-refractivity contribution in [3.8, 4) is 5.88 Å². The minimum Gasteiger partial charge on any atom is -0.493 e. The molecule has 0 saturated carbocycles. The van der Waals surface area contributed by atoms with Gasteiger partial charge in [0.15, 0.2) is 10.8 Å². The van der Waals surface area contributed by atoms with Gasteiger partial charge in [-0.2, -0.15) is 0 Å². The number of nitrogens with zero attached hydrogens (tertiary/aromatic N) is 3. The maximum atomic E-state index is 11.3. The van der Waals surface area contributed by atoms with Gasteiger partial charge >= 0.3 is 0 Å². The first kappa shape index (κ1) is 17.6. The van der Waals surface area contributed by atoms with E-state index in [1.165, 1.54) is 11.8 Å². The number of carbonyl (C=O) groups excluding carboxylic acids is 1.